The van der Waals surface area contributed by atoms with E-state index >= 15 is 0 Å². The van der Waals surface area contributed by atoms with Crippen LogP contribution in [-0.2, 0) is 20.8 Å². The molecule has 0 saturated carbocycles. The van der Waals surface area contributed by atoms with Crippen molar-refractivity contribution in [3.8, 4) is 0 Å². The van der Waals surface area contributed by atoms with Crippen molar-refractivity contribution in [2.24, 2.45) is 0 Å². The first kappa shape index (κ1) is 23.7. The summed E-state index contributed by atoms with van der Waals surface area (Å²) in [6.07, 6.45) is 1.72. The van der Waals surface area contributed by atoms with Gasteiger partial charge < -0.3 is 20.6 Å². The fourth-order valence-corrected chi connectivity index (χ4v) is 3.79. The van der Waals surface area contributed by atoms with Gasteiger partial charge in [-0.25, -0.2) is 4.79 Å². The number of aryl methyl sites for hydroxylation is 1. The van der Waals surface area contributed by atoms with Crippen LogP contribution in [0.25, 0.3) is 0 Å². The van der Waals surface area contributed by atoms with Gasteiger partial charge in [-0.2, -0.15) is 0 Å². The summed E-state index contributed by atoms with van der Waals surface area (Å²) in [5.74, 6) is -2.15. The number of carbonyl (C=O) groups excluding carboxylic acids is 3. The molecule has 0 bridgehead atoms. The third kappa shape index (κ3) is 5.85. The topological polar surface area (TPSA) is 116 Å². The van der Waals surface area contributed by atoms with Gasteiger partial charge >= 0.3 is 12.0 Å². The van der Waals surface area contributed by atoms with E-state index < -0.39 is 35.8 Å². The SMILES string of the molecule is CC1=CN(C)C(=O)C(NC(=O)N[C@@H](CC(=O)O)c2cccc(Cc3ccccc3C)c2)C1=O. The number of hydrogen-bond acceptors (Lipinski definition) is 4. The van der Waals surface area contributed by atoms with Crippen molar-refractivity contribution in [1.29, 1.82) is 0 Å². The lowest BCUT2D eigenvalue weighted by Gasteiger charge is -2.27. The number of aliphatic carboxylic acids is 1. The van der Waals surface area contributed by atoms with Crippen LogP contribution in [0.2, 0.25) is 0 Å². The molecule has 0 fully saturated rings. The minimum atomic E-state index is -1.35. The molecule has 3 N–H and O–H groups in total. The Morgan fingerprint density at radius 1 is 1.09 bits per heavy atom. The molecule has 3 rings (SSSR count). The molecule has 8 nitrogen and oxygen atoms in total. The number of likely N-dealkylation sites (N-methyl/N-ethyl adjacent to an activating group) is 1. The van der Waals surface area contributed by atoms with Crippen LogP contribution in [0.4, 0.5) is 4.79 Å². The van der Waals surface area contributed by atoms with Gasteiger partial charge in [-0.05, 0) is 42.5 Å². The van der Waals surface area contributed by atoms with Crippen LogP contribution in [0.3, 0.4) is 0 Å². The molecule has 0 radical (unpaired) electrons. The molecule has 2 atom stereocenters. The Bertz CT molecular complexity index is 1120. The number of nitrogens with zero attached hydrogens (tertiary/aromatic N) is 1. The molecule has 0 saturated heterocycles. The lowest BCUT2D eigenvalue weighted by Crippen LogP contribution is -2.56. The van der Waals surface area contributed by atoms with Gasteiger partial charge in [0.25, 0.3) is 5.91 Å². The van der Waals surface area contributed by atoms with Crippen LogP contribution in [0, 0.1) is 6.92 Å². The number of benzene rings is 2. The molecule has 0 aromatic heterocycles. The maximum Gasteiger partial charge on any atom is 0.316 e. The monoisotopic (exact) mass is 449 g/mol. The highest BCUT2D eigenvalue weighted by atomic mass is 16.4. The Morgan fingerprint density at radius 3 is 2.52 bits per heavy atom. The Morgan fingerprint density at radius 2 is 1.82 bits per heavy atom. The molecule has 1 aliphatic rings. The second kappa shape index (κ2) is 10.1. The van der Waals surface area contributed by atoms with Gasteiger partial charge in [0.05, 0.1) is 12.5 Å². The fourth-order valence-electron chi connectivity index (χ4n) is 3.79. The Balaban J connectivity index is 1.77. The summed E-state index contributed by atoms with van der Waals surface area (Å²) in [6, 6.07) is 12.4. The Hall–Kier alpha value is -3.94. The van der Waals surface area contributed by atoms with Crippen LogP contribution in [0.5, 0.6) is 0 Å². The van der Waals surface area contributed by atoms with Crippen molar-refractivity contribution >= 4 is 23.7 Å². The van der Waals surface area contributed by atoms with Crippen LogP contribution in [-0.4, -0.2) is 46.8 Å². The van der Waals surface area contributed by atoms with Crippen molar-refractivity contribution < 1.29 is 24.3 Å². The summed E-state index contributed by atoms with van der Waals surface area (Å²) >= 11 is 0. The highest BCUT2D eigenvalue weighted by Gasteiger charge is 2.35. The van der Waals surface area contributed by atoms with E-state index in [1.54, 1.807) is 13.0 Å². The molecule has 8 heteroatoms. The number of rotatable bonds is 7. The number of carboxylic acid groups (broad SMARTS) is 1. The second-order valence-electron chi connectivity index (χ2n) is 8.18. The summed E-state index contributed by atoms with van der Waals surface area (Å²) in [5.41, 5.74) is 4.23. The van der Waals surface area contributed by atoms with E-state index in [0.29, 0.717) is 17.6 Å². The van der Waals surface area contributed by atoms with Crippen LogP contribution < -0.4 is 10.6 Å². The number of ketones is 1. The van der Waals surface area contributed by atoms with E-state index in [1.165, 1.54) is 18.1 Å². The van der Waals surface area contributed by atoms with Crippen LogP contribution in [0.1, 0.15) is 41.6 Å². The largest absolute Gasteiger partial charge is 0.481 e. The molecule has 2 aromatic carbocycles. The highest BCUT2D eigenvalue weighted by Crippen LogP contribution is 2.21. The van der Waals surface area contributed by atoms with Gasteiger partial charge in [-0.15, -0.1) is 0 Å². The zero-order valence-electron chi connectivity index (χ0n) is 18.8. The van der Waals surface area contributed by atoms with E-state index in [-0.39, 0.29) is 6.42 Å². The average molecular weight is 450 g/mol. The third-order valence-corrected chi connectivity index (χ3v) is 5.60. The molecule has 33 heavy (non-hydrogen) atoms. The summed E-state index contributed by atoms with van der Waals surface area (Å²) in [4.78, 5) is 50.0. The van der Waals surface area contributed by atoms with E-state index in [4.69, 9.17) is 0 Å². The maximum absolute atomic E-state index is 12.6. The van der Waals surface area contributed by atoms with E-state index in [1.807, 2.05) is 49.4 Å². The number of nitrogens with one attached hydrogen (secondary N) is 2. The highest BCUT2D eigenvalue weighted by molar-refractivity contribution is 6.16. The first-order valence-corrected chi connectivity index (χ1v) is 10.6. The molecule has 0 aliphatic carbocycles. The Kier molecular flexibility index (Phi) is 7.27. The molecular formula is C25H27N3O5. The zero-order chi connectivity index (χ0) is 24.1. The predicted octanol–water partition coefficient (Wildman–Crippen LogP) is 2.71. The number of carboxylic acids is 1. The molecule has 172 valence electrons. The minimum Gasteiger partial charge on any atom is -0.481 e. The number of amides is 3. The van der Waals surface area contributed by atoms with Crippen molar-refractivity contribution in [2.75, 3.05) is 7.05 Å². The van der Waals surface area contributed by atoms with Crippen molar-refractivity contribution in [3.05, 3.63) is 82.6 Å². The number of urea groups is 1. The van der Waals surface area contributed by atoms with Crippen molar-refractivity contribution in [3.63, 3.8) is 0 Å². The second-order valence-corrected chi connectivity index (χ2v) is 8.18. The van der Waals surface area contributed by atoms with Gasteiger partial charge in [0.2, 0.25) is 0 Å². The molecular weight excluding hydrogens is 422 g/mol. The fraction of sp³-hybridized carbons (Fsp3) is 0.280. The number of carbonyl (C=O) groups is 4. The first-order valence-electron chi connectivity index (χ1n) is 10.6. The molecule has 1 unspecified atom stereocenters. The molecule has 2 aromatic rings. The van der Waals surface area contributed by atoms with E-state index in [0.717, 1.165) is 16.7 Å². The zero-order valence-corrected chi connectivity index (χ0v) is 18.8. The molecule has 1 heterocycles. The lowest BCUT2D eigenvalue weighted by molar-refractivity contribution is -0.138. The van der Waals surface area contributed by atoms with Crippen molar-refractivity contribution in [2.45, 2.75) is 38.8 Å². The minimum absolute atomic E-state index is 0.341. The average Bonchev–Trinajstić information content (AvgIpc) is 2.76. The van der Waals surface area contributed by atoms with Gasteiger partial charge in [0, 0.05) is 18.8 Å². The quantitative estimate of drug-likeness (QED) is 0.562. The standard InChI is InChI=1S/C25H27N3O5/c1-15-7-4-5-9-18(15)11-17-8-6-10-19(12-17)20(13-21(29)30)26-25(33)27-22-23(31)16(2)14-28(3)24(22)32/h4-10,12,14,20,22H,11,13H2,1-3H3,(H,29,30)(H2,26,27,33)/t20-,22?/m0/s1. The molecule has 0 spiro atoms. The summed E-state index contributed by atoms with van der Waals surface area (Å²) in [5, 5.41) is 14.4. The molecule has 3 amide bonds. The van der Waals surface area contributed by atoms with Gasteiger partial charge in [-0.3, -0.25) is 14.4 Å². The van der Waals surface area contributed by atoms with E-state index in [2.05, 4.69) is 10.6 Å². The van der Waals surface area contributed by atoms with Gasteiger partial charge in [-0.1, -0.05) is 48.5 Å². The predicted molar refractivity (Wildman–Crippen MR) is 122 cm³/mol. The third-order valence-electron chi connectivity index (χ3n) is 5.60. The number of hydrogen-bond donors (Lipinski definition) is 3. The maximum atomic E-state index is 12.6. The summed E-state index contributed by atoms with van der Waals surface area (Å²) < 4.78 is 0. The Labute approximate surface area is 192 Å². The normalized spacial score (nSPS) is 16.8. The lowest BCUT2D eigenvalue weighted by atomic mass is 9.96. The van der Waals surface area contributed by atoms with Gasteiger partial charge in [0.1, 0.15) is 0 Å². The van der Waals surface area contributed by atoms with Crippen LogP contribution in [0.15, 0.2) is 60.3 Å². The van der Waals surface area contributed by atoms with Crippen LogP contribution >= 0.6 is 0 Å². The molecule has 1 aliphatic heterocycles. The summed E-state index contributed by atoms with van der Waals surface area (Å²) in [7, 11) is 1.50. The van der Waals surface area contributed by atoms with Crippen molar-refractivity contribution in [1.82, 2.24) is 15.5 Å². The van der Waals surface area contributed by atoms with E-state index in [9.17, 15) is 24.3 Å². The smallest absolute Gasteiger partial charge is 0.316 e. The van der Waals surface area contributed by atoms with Gasteiger partial charge in [0.15, 0.2) is 11.8 Å². The first-order chi connectivity index (χ1) is 15.7. The summed E-state index contributed by atoms with van der Waals surface area (Å²) in [6.45, 7) is 3.59. The number of Topliss-reactive ketones (excluding diaryl/α,β-unsaturated/α-hetero) is 1.